The molecule has 15 heavy (non-hydrogen) atoms. The van der Waals surface area contributed by atoms with E-state index in [0.29, 0.717) is 0 Å². The van der Waals surface area contributed by atoms with Crippen LogP contribution in [0.4, 0.5) is 0 Å². The van der Waals surface area contributed by atoms with E-state index in [1.807, 2.05) is 21.1 Å². The van der Waals surface area contributed by atoms with Crippen LogP contribution < -0.4 is 5.73 Å². The third-order valence-corrected chi connectivity index (χ3v) is 2.77. The standard InChI is InChI=1S/C11H27N3O/c1-5-6-10(12)11(9-15)14(4)8-7-13(2)3/h10-11,15H,5-9,12H2,1-4H3. The number of hydrogen-bond acceptors (Lipinski definition) is 4. The van der Waals surface area contributed by atoms with Gasteiger partial charge in [0.25, 0.3) is 0 Å². The molecular formula is C11H27N3O. The lowest BCUT2D eigenvalue weighted by molar-refractivity contribution is 0.117. The molecule has 0 rings (SSSR count). The molecule has 0 spiro atoms. The van der Waals surface area contributed by atoms with Crippen molar-refractivity contribution >= 4 is 0 Å². The largest absolute Gasteiger partial charge is 0.395 e. The van der Waals surface area contributed by atoms with E-state index in [1.165, 1.54) is 0 Å². The molecule has 0 heterocycles. The number of nitrogens with zero attached hydrogens (tertiary/aromatic N) is 2. The lowest BCUT2D eigenvalue weighted by Crippen LogP contribution is -2.49. The van der Waals surface area contributed by atoms with Crippen LogP contribution in [0.2, 0.25) is 0 Å². The molecule has 0 aliphatic carbocycles. The van der Waals surface area contributed by atoms with Gasteiger partial charge in [-0.05, 0) is 27.6 Å². The van der Waals surface area contributed by atoms with Gasteiger partial charge in [-0.3, -0.25) is 4.90 Å². The SMILES string of the molecule is CCCC(N)C(CO)N(C)CCN(C)C. The van der Waals surface area contributed by atoms with Crippen molar-refractivity contribution in [3.8, 4) is 0 Å². The van der Waals surface area contributed by atoms with Crippen molar-refractivity contribution in [3.05, 3.63) is 0 Å². The predicted molar refractivity (Wildman–Crippen MR) is 64.9 cm³/mol. The van der Waals surface area contributed by atoms with Gasteiger partial charge in [0.15, 0.2) is 0 Å². The minimum absolute atomic E-state index is 0.0761. The van der Waals surface area contributed by atoms with E-state index in [1.54, 1.807) is 0 Å². The van der Waals surface area contributed by atoms with Gasteiger partial charge in [-0.1, -0.05) is 13.3 Å². The van der Waals surface area contributed by atoms with Crippen LogP contribution in [0.25, 0.3) is 0 Å². The topological polar surface area (TPSA) is 52.7 Å². The third kappa shape index (κ3) is 6.10. The summed E-state index contributed by atoms with van der Waals surface area (Å²) in [4.78, 5) is 4.29. The summed E-state index contributed by atoms with van der Waals surface area (Å²) in [6.07, 6.45) is 2.04. The van der Waals surface area contributed by atoms with Crippen LogP contribution in [-0.2, 0) is 0 Å². The highest BCUT2D eigenvalue weighted by Gasteiger charge is 2.20. The molecule has 92 valence electrons. The van der Waals surface area contributed by atoms with E-state index in [4.69, 9.17) is 5.73 Å². The molecule has 2 unspecified atom stereocenters. The second-order valence-electron chi connectivity index (χ2n) is 4.49. The fraction of sp³-hybridized carbons (Fsp3) is 1.00. The molecule has 0 bridgehead atoms. The number of aliphatic hydroxyl groups excluding tert-OH is 1. The molecule has 0 amide bonds. The Balaban J connectivity index is 4.02. The molecule has 0 saturated carbocycles. The van der Waals surface area contributed by atoms with Gasteiger partial charge in [0.2, 0.25) is 0 Å². The normalized spacial score (nSPS) is 16.0. The van der Waals surface area contributed by atoms with E-state index in [-0.39, 0.29) is 18.7 Å². The van der Waals surface area contributed by atoms with Gasteiger partial charge in [-0.15, -0.1) is 0 Å². The van der Waals surface area contributed by atoms with Crippen molar-refractivity contribution in [1.29, 1.82) is 0 Å². The fourth-order valence-electron chi connectivity index (χ4n) is 1.65. The van der Waals surface area contributed by atoms with Crippen molar-refractivity contribution in [3.63, 3.8) is 0 Å². The second-order valence-corrected chi connectivity index (χ2v) is 4.49. The Kier molecular flexibility index (Phi) is 7.96. The summed E-state index contributed by atoms with van der Waals surface area (Å²) in [7, 11) is 6.13. The van der Waals surface area contributed by atoms with Crippen LogP contribution >= 0.6 is 0 Å². The van der Waals surface area contributed by atoms with Crippen LogP contribution in [0.1, 0.15) is 19.8 Å². The third-order valence-electron chi connectivity index (χ3n) is 2.77. The number of rotatable bonds is 8. The lowest BCUT2D eigenvalue weighted by atomic mass is 10.0. The molecule has 4 nitrogen and oxygen atoms in total. The summed E-state index contributed by atoms with van der Waals surface area (Å²) >= 11 is 0. The Hall–Kier alpha value is -0.160. The zero-order chi connectivity index (χ0) is 11.8. The first kappa shape index (κ1) is 14.8. The minimum Gasteiger partial charge on any atom is -0.395 e. The first-order chi connectivity index (χ1) is 7.02. The molecule has 0 aromatic rings. The Morgan fingerprint density at radius 1 is 1.20 bits per heavy atom. The lowest BCUT2D eigenvalue weighted by Gasteiger charge is -2.31. The Morgan fingerprint density at radius 2 is 1.80 bits per heavy atom. The van der Waals surface area contributed by atoms with Crippen molar-refractivity contribution in [1.82, 2.24) is 9.80 Å². The first-order valence-corrected chi connectivity index (χ1v) is 5.74. The summed E-state index contributed by atoms with van der Waals surface area (Å²) in [6, 6.07) is 0.164. The zero-order valence-corrected chi connectivity index (χ0v) is 10.6. The summed E-state index contributed by atoms with van der Waals surface area (Å²) in [5.41, 5.74) is 6.03. The minimum atomic E-state index is 0.0761. The molecular weight excluding hydrogens is 190 g/mol. The quantitative estimate of drug-likeness (QED) is 0.599. The van der Waals surface area contributed by atoms with Crippen molar-refractivity contribution < 1.29 is 5.11 Å². The molecule has 0 radical (unpaired) electrons. The maximum absolute atomic E-state index is 9.32. The molecule has 0 aromatic heterocycles. The van der Waals surface area contributed by atoms with E-state index in [0.717, 1.165) is 25.9 Å². The Bertz CT molecular complexity index is 153. The average molecular weight is 217 g/mol. The van der Waals surface area contributed by atoms with Crippen LogP contribution in [0.5, 0.6) is 0 Å². The average Bonchev–Trinajstić information content (AvgIpc) is 2.16. The van der Waals surface area contributed by atoms with E-state index < -0.39 is 0 Å². The van der Waals surface area contributed by atoms with Crippen LogP contribution in [-0.4, -0.2) is 67.8 Å². The van der Waals surface area contributed by atoms with Gasteiger partial charge in [0, 0.05) is 25.2 Å². The number of hydrogen-bond donors (Lipinski definition) is 2. The van der Waals surface area contributed by atoms with Gasteiger partial charge in [-0.2, -0.15) is 0 Å². The van der Waals surface area contributed by atoms with Crippen LogP contribution in [0.3, 0.4) is 0 Å². The van der Waals surface area contributed by atoms with Gasteiger partial charge in [0.1, 0.15) is 0 Å². The maximum atomic E-state index is 9.32. The summed E-state index contributed by atoms with van der Waals surface area (Å²) in [6.45, 7) is 4.20. The van der Waals surface area contributed by atoms with Gasteiger partial charge in [0.05, 0.1) is 6.61 Å². The Labute approximate surface area is 94.0 Å². The Morgan fingerprint density at radius 3 is 2.20 bits per heavy atom. The van der Waals surface area contributed by atoms with Crippen LogP contribution in [0, 0.1) is 0 Å². The smallest absolute Gasteiger partial charge is 0.0601 e. The monoisotopic (exact) mass is 217 g/mol. The summed E-state index contributed by atoms with van der Waals surface area (Å²) in [5.74, 6) is 0. The summed E-state index contributed by atoms with van der Waals surface area (Å²) in [5, 5.41) is 9.32. The number of likely N-dealkylation sites (N-methyl/N-ethyl adjacent to an activating group) is 2. The molecule has 0 aliphatic heterocycles. The van der Waals surface area contributed by atoms with Crippen molar-refractivity contribution in [2.75, 3.05) is 40.8 Å². The fourth-order valence-corrected chi connectivity index (χ4v) is 1.65. The first-order valence-electron chi connectivity index (χ1n) is 5.74. The molecule has 0 saturated heterocycles. The van der Waals surface area contributed by atoms with Crippen molar-refractivity contribution in [2.45, 2.75) is 31.8 Å². The molecule has 0 aromatic carbocycles. The van der Waals surface area contributed by atoms with E-state index in [9.17, 15) is 5.11 Å². The maximum Gasteiger partial charge on any atom is 0.0601 e. The zero-order valence-electron chi connectivity index (χ0n) is 10.6. The molecule has 2 atom stereocenters. The summed E-state index contributed by atoms with van der Waals surface area (Å²) < 4.78 is 0. The number of aliphatic hydroxyl groups is 1. The molecule has 4 heteroatoms. The molecule has 0 aliphatic rings. The predicted octanol–water partition coefficient (Wildman–Crippen LogP) is -0.0319. The second kappa shape index (κ2) is 8.05. The molecule has 3 N–H and O–H groups in total. The number of nitrogens with two attached hydrogens (primary N) is 1. The van der Waals surface area contributed by atoms with Crippen molar-refractivity contribution in [2.24, 2.45) is 5.73 Å². The van der Waals surface area contributed by atoms with Gasteiger partial charge >= 0.3 is 0 Å². The van der Waals surface area contributed by atoms with Crippen LogP contribution in [0.15, 0.2) is 0 Å². The van der Waals surface area contributed by atoms with E-state index in [2.05, 4.69) is 16.7 Å². The van der Waals surface area contributed by atoms with Gasteiger partial charge in [-0.25, -0.2) is 0 Å². The highest BCUT2D eigenvalue weighted by atomic mass is 16.3. The highest BCUT2D eigenvalue weighted by Crippen LogP contribution is 2.05. The molecule has 0 fully saturated rings. The van der Waals surface area contributed by atoms with Gasteiger partial charge < -0.3 is 15.7 Å². The highest BCUT2D eigenvalue weighted by molar-refractivity contribution is 4.79. The van der Waals surface area contributed by atoms with E-state index >= 15 is 0 Å².